The minimum atomic E-state index is -0.880. The van der Waals surface area contributed by atoms with Gasteiger partial charge in [-0.1, -0.05) is 59.9 Å². The Balaban J connectivity index is 2.84. The summed E-state index contributed by atoms with van der Waals surface area (Å²) >= 11 is 9.76. The number of carbonyl (C=O) groups is 1. The molecule has 0 radical (unpaired) electrons. The molecule has 0 saturated heterocycles. The quantitative estimate of drug-likeness (QED) is 0.804. The van der Waals surface area contributed by atoms with Crippen LogP contribution in [-0.4, -0.2) is 15.9 Å². The molecule has 1 aromatic rings. The highest BCUT2D eigenvalue weighted by Crippen LogP contribution is 2.31. The number of carboxylic acids is 1. The van der Waals surface area contributed by atoms with Gasteiger partial charge in [-0.05, 0) is 17.7 Å². The highest BCUT2D eigenvalue weighted by atomic mass is 79.9. The Morgan fingerprint density at radius 2 is 1.71 bits per heavy atom. The monoisotopic (exact) mass is 384 g/mol. The highest BCUT2D eigenvalue weighted by Gasteiger charge is 2.24. The molecule has 0 aliphatic heterocycles. The summed E-state index contributed by atoms with van der Waals surface area (Å²) in [6.07, 6.45) is 0. The Kier molecular flexibility index (Phi) is 4.60. The lowest BCUT2D eigenvalue weighted by molar-refractivity contribution is -0.136. The zero-order valence-corrected chi connectivity index (χ0v) is 11.7. The van der Waals surface area contributed by atoms with E-state index in [2.05, 4.69) is 47.8 Å². The van der Waals surface area contributed by atoms with E-state index in [9.17, 15) is 4.79 Å². The summed E-state index contributed by atoms with van der Waals surface area (Å²) in [6.45, 7) is 0. The molecule has 1 aromatic carbocycles. The first-order chi connectivity index (χ1) is 6.52. The molecule has 5 heteroatoms. The summed E-state index contributed by atoms with van der Waals surface area (Å²) in [5.41, 5.74) is 0.928. The SMILES string of the molecule is O=C(O)[C@H](Br)[C@H](Br)c1ccc(Br)cc1. The Morgan fingerprint density at radius 3 is 2.14 bits per heavy atom. The number of hydrogen-bond acceptors (Lipinski definition) is 1. The van der Waals surface area contributed by atoms with E-state index in [4.69, 9.17) is 5.11 Å². The van der Waals surface area contributed by atoms with E-state index in [0.29, 0.717) is 0 Å². The smallest absolute Gasteiger partial charge is 0.318 e. The van der Waals surface area contributed by atoms with Crippen molar-refractivity contribution < 1.29 is 9.90 Å². The van der Waals surface area contributed by atoms with Gasteiger partial charge >= 0.3 is 5.97 Å². The first kappa shape index (κ1) is 12.2. The van der Waals surface area contributed by atoms with Gasteiger partial charge in [-0.2, -0.15) is 0 Å². The number of aliphatic carboxylic acids is 1. The lowest BCUT2D eigenvalue weighted by Gasteiger charge is -2.12. The van der Waals surface area contributed by atoms with Crippen LogP contribution in [0.3, 0.4) is 0 Å². The van der Waals surface area contributed by atoms with Crippen LogP contribution in [0.1, 0.15) is 10.4 Å². The second-order valence-corrected chi connectivity index (χ2v) is 5.58. The minimum Gasteiger partial charge on any atom is -0.480 e. The van der Waals surface area contributed by atoms with Crippen molar-refractivity contribution >= 4 is 53.8 Å². The zero-order chi connectivity index (χ0) is 10.7. The predicted octanol–water partition coefficient (Wildman–Crippen LogP) is 3.73. The third-order valence-corrected chi connectivity index (χ3v) is 4.90. The van der Waals surface area contributed by atoms with E-state index < -0.39 is 10.8 Å². The van der Waals surface area contributed by atoms with Crippen molar-refractivity contribution in [1.29, 1.82) is 0 Å². The van der Waals surface area contributed by atoms with Crippen LogP contribution < -0.4 is 0 Å². The van der Waals surface area contributed by atoms with Crippen LogP contribution in [0.4, 0.5) is 0 Å². The number of hydrogen-bond donors (Lipinski definition) is 1. The van der Waals surface area contributed by atoms with Crippen LogP contribution in [0.25, 0.3) is 0 Å². The van der Waals surface area contributed by atoms with Crippen molar-refractivity contribution in [3.05, 3.63) is 34.3 Å². The maximum absolute atomic E-state index is 10.7. The molecule has 0 saturated carbocycles. The molecule has 1 rings (SSSR count). The van der Waals surface area contributed by atoms with Crippen LogP contribution in [0.15, 0.2) is 28.7 Å². The van der Waals surface area contributed by atoms with E-state index in [0.717, 1.165) is 10.0 Å². The summed E-state index contributed by atoms with van der Waals surface area (Å²) in [5, 5.41) is 8.78. The van der Waals surface area contributed by atoms with Gasteiger partial charge in [0.15, 0.2) is 0 Å². The fourth-order valence-electron chi connectivity index (χ4n) is 0.941. The molecule has 0 amide bonds. The van der Waals surface area contributed by atoms with E-state index in [1.807, 2.05) is 24.3 Å². The molecular formula is C9H7Br3O2. The van der Waals surface area contributed by atoms with Crippen LogP contribution >= 0.6 is 47.8 Å². The predicted molar refractivity (Wildman–Crippen MR) is 66.2 cm³/mol. The summed E-state index contributed by atoms with van der Waals surface area (Å²) in [6, 6.07) is 7.51. The van der Waals surface area contributed by atoms with Crippen LogP contribution in [0.2, 0.25) is 0 Å². The molecule has 76 valence electrons. The molecule has 0 fully saturated rings. The van der Waals surface area contributed by atoms with Crippen molar-refractivity contribution in [2.45, 2.75) is 9.65 Å². The second-order valence-electron chi connectivity index (χ2n) is 2.69. The number of halogens is 3. The summed E-state index contributed by atoms with van der Waals surface area (Å²) < 4.78 is 0.974. The lowest BCUT2D eigenvalue weighted by Crippen LogP contribution is -2.17. The maximum atomic E-state index is 10.7. The Morgan fingerprint density at radius 1 is 1.21 bits per heavy atom. The van der Waals surface area contributed by atoms with Crippen molar-refractivity contribution in [2.75, 3.05) is 0 Å². The first-order valence-corrected chi connectivity index (χ1v) is 6.41. The van der Waals surface area contributed by atoms with E-state index in [1.165, 1.54) is 0 Å². The molecule has 0 aromatic heterocycles. The van der Waals surface area contributed by atoms with Crippen molar-refractivity contribution in [3.8, 4) is 0 Å². The summed E-state index contributed by atoms with van der Waals surface area (Å²) in [7, 11) is 0. The van der Waals surface area contributed by atoms with Crippen LogP contribution in [-0.2, 0) is 4.79 Å². The fraction of sp³-hybridized carbons (Fsp3) is 0.222. The molecular weight excluding hydrogens is 380 g/mol. The number of alkyl halides is 2. The average Bonchev–Trinajstić information content (AvgIpc) is 2.16. The average molecular weight is 387 g/mol. The van der Waals surface area contributed by atoms with E-state index in [-0.39, 0.29) is 4.83 Å². The molecule has 1 N–H and O–H groups in total. The van der Waals surface area contributed by atoms with Gasteiger partial charge in [0.2, 0.25) is 0 Å². The fourth-order valence-corrected chi connectivity index (χ4v) is 2.04. The van der Waals surface area contributed by atoms with Crippen molar-refractivity contribution in [2.24, 2.45) is 0 Å². The van der Waals surface area contributed by atoms with Crippen LogP contribution in [0, 0.1) is 0 Å². The van der Waals surface area contributed by atoms with Gasteiger partial charge in [0, 0.05) is 4.47 Å². The number of rotatable bonds is 3. The standard InChI is InChI=1S/C9H7Br3O2/c10-6-3-1-5(2-4-6)7(11)8(12)9(13)14/h1-4,7-8H,(H,13,14)/t7-,8-/m1/s1. The molecule has 0 bridgehead atoms. The van der Waals surface area contributed by atoms with Gasteiger partial charge in [0.05, 0.1) is 4.83 Å². The van der Waals surface area contributed by atoms with E-state index in [1.54, 1.807) is 0 Å². The number of benzene rings is 1. The van der Waals surface area contributed by atoms with Gasteiger partial charge in [0.25, 0.3) is 0 Å². The van der Waals surface area contributed by atoms with Gasteiger partial charge in [-0.15, -0.1) is 0 Å². The highest BCUT2D eigenvalue weighted by molar-refractivity contribution is 9.12. The van der Waals surface area contributed by atoms with Gasteiger partial charge < -0.3 is 5.11 Å². The summed E-state index contributed by atoms with van der Waals surface area (Å²) in [5.74, 6) is -0.880. The normalized spacial score (nSPS) is 14.8. The molecule has 0 aliphatic rings. The molecule has 2 nitrogen and oxygen atoms in total. The third kappa shape index (κ3) is 3.07. The molecule has 14 heavy (non-hydrogen) atoms. The van der Waals surface area contributed by atoms with E-state index >= 15 is 0 Å². The lowest BCUT2D eigenvalue weighted by atomic mass is 10.1. The maximum Gasteiger partial charge on any atom is 0.318 e. The minimum absolute atomic E-state index is 0.229. The first-order valence-electron chi connectivity index (χ1n) is 3.79. The largest absolute Gasteiger partial charge is 0.480 e. The number of carboxylic acid groups (broad SMARTS) is 1. The Hall–Kier alpha value is 0.130. The van der Waals surface area contributed by atoms with Crippen molar-refractivity contribution in [1.82, 2.24) is 0 Å². The molecule has 0 unspecified atom stereocenters. The zero-order valence-electron chi connectivity index (χ0n) is 6.95. The Bertz CT molecular complexity index is 323. The molecule has 0 heterocycles. The summed E-state index contributed by atoms with van der Waals surface area (Å²) in [4.78, 5) is 9.84. The molecule has 0 spiro atoms. The molecule has 2 atom stereocenters. The van der Waals surface area contributed by atoms with Gasteiger partial charge in [-0.3, -0.25) is 4.79 Å². The van der Waals surface area contributed by atoms with Gasteiger partial charge in [0.1, 0.15) is 4.83 Å². The van der Waals surface area contributed by atoms with Crippen LogP contribution in [0.5, 0.6) is 0 Å². The molecule has 0 aliphatic carbocycles. The second kappa shape index (κ2) is 5.28. The topological polar surface area (TPSA) is 37.3 Å². The third-order valence-electron chi connectivity index (χ3n) is 1.68. The van der Waals surface area contributed by atoms with Crippen molar-refractivity contribution in [3.63, 3.8) is 0 Å². The Labute approximate surface area is 107 Å². The van der Waals surface area contributed by atoms with Gasteiger partial charge in [-0.25, -0.2) is 0 Å².